The zero-order valence-electron chi connectivity index (χ0n) is 20.0. The van der Waals surface area contributed by atoms with Gasteiger partial charge in [0.2, 0.25) is 5.95 Å². The Kier molecular flexibility index (Phi) is 7.87. The Hall–Kier alpha value is -4.01. The maximum absolute atomic E-state index is 12.4. The Balaban J connectivity index is 1.36. The first kappa shape index (κ1) is 24.1. The number of amides is 2. The third-order valence-electron chi connectivity index (χ3n) is 5.88. The highest BCUT2D eigenvalue weighted by Crippen LogP contribution is 2.30. The minimum Gasteiger partial charge on any atom is -0.491 e. The van der Waals surface area contributed by atoms with Gasteiger partial charge in [0, 0.05) is 35.2 Å². The fourth-order valence-electron chi connectivity index (χ4n) is 4.10. The lowest BCUT2D eigenvalue weighted by Gasteiger charge is -2.15. The van der Waals surface area contributed by atoms with E-state index in [1.54, 1.807) is 12.4 Å². The summed E-state index contributed by atoms with van der Waals surface area (Å²) in [6.45, 7) is 4.72. The zero-order valence-corrected chi connectivity index (χ0v) is 20.0. The van der Waals surface area contributed by atoms with E-state index < -0.39 is 6.03 Å². The van der Waals surface area contributed by atoms with Crippen LogP contribution in [0.2, 0.25) is 0 Å². The molecule has 1 unspecified atom stereocenters. The Morgan fingerprint density at radius 1 is 1.11 bits per heavy atom. The molecule has 9 nitrogen and oxygen atoms in total. The van der Waals surface area contributed by atoms with Crippen LogP contribution in [0.5, 0.6) is 5.75 Å². The number of pyridine rings is 2. The average molecular weight is 475 g/mol. The van der Waals surface area contributed by atoms with Gasteiger partial charge in [0.25, 0.3) is 5.56 Å². The summed E-state index contributed by atoms with van der Waals surface area (Å²) < 4.78 is 5.97. The van der Waals surface area contributed by atoms with Crippen molar-refractivity contribution in [2.45, 2.75) is 45.4 Å². The van der Waals surface area contributed by atoms with Crippen molar-refractivity contribution in [1.29, 1.82) is 0 Å². The van der Waals surface area contributed by atoms with Crippen molar-refractivity contribution in [2.75, 3.05) is 18.5 Å². The van der Waals surface area contributed by atoms with Crippen molar-refractivity contribution >= 4 is 33.8 Å². The van der Waals surface area contributed by atoms with Crippen LogP contribution in [-0.4, -0.2) is 39.1 Å². The summed E-state index contributed by atoms with van der Waals surface area (Å²) in [5, 5.41) is 7.14. The van der Waals surface area contributed by atoms with Gasteiger partial charge in [-0.3, -0.25) is 25.1 Å². The number of fused-ring (bicyclic) bond motifs is 3. The monoisotopic (exact) mass is 474 g/mol. The molecular weight excluding hydrogens is 444 g/mol. The minimum atomic E-state index is -0.468. The molecule has 0 aliphatic heterocycles. The van der Waals surface area contributed by atoms with Gasteiger partial charge >= 0.3 is 6.03 Å². The number of ether oxygens (including phenoxy) is 1. The number of unbranched alkanes of at least 4 members (excludes halogenated alkanes) is 1. The van der Waals surface area contributed by atoms with Gasteiger partial charge in [0.05, 0.1) is 17.8 Å². The molecule has 1 aromatic carbocycles. The quantitative estimate of drug-likeness (QED) is 0.225. The molecule has 182 valence electrons. The zero-order chi connectivity index (χ0) is 24.6. The molecule has 3 aromatic heterocycles. The van der Waals surface area contributed by atoms with Gasteiger partial charge in [-0.05, 0) is 37.1 Å². The number of hydrogen-bond acceptors (Lipinski definition) is 6. The number of carbonyl (C=O) groups is 1. The number of aromatic amines is 1. The van der Waals surface area contributed by atoms with E-state index in [1.807, 2.05) is 30.3 Å². The van der Waals surface area contributed by atoms with Crippen LogP contribution >= 0.6 is 0 Å². The molecule has 9 heteroatoms. The number of benzene rings is 1. The number of urea groups is 1. The smallest absolute Gasteiger partial charge is 0.321 e. The maximum Gasteiger partial charge on any atom is 0.321 e. The number of rotatable bonds is 10. The van der Waals surface area contributed by atoms with Gasteiger partial charge < -0.3 is 10.1 Å². The highest BCUT2D eigenvalue weighted by Gasteiger charge is 2.14. The minimum absolute atomic E-state index is 0.139. The second kappa shape index (κ2) is 11.4. The maximum atomic E-state index is 12.4. The lowest BCUT2D eigenvalue weighted by atomic mass is 9.96. The van der Waals surface area contributed by atoms with Crippen LogP contribution in [0.1, 0.15) is 51.1 Å². The highest BCUT2D eigenvalue weighted by atomic mass is 16.5. The summed E-state index contributed by atoms with van der Waals surface area (Å²) in [7, 11) is 0. The molecule has 0 aliphatic rings. The summed E-state index contributed by atoms with van der Waals surface area (Å²) in [5.41, 5.74) is 2.01. The van der Waals surface area contributed by atoms with Crippen LogP contribution in [0, 0.1) is 0 Å². The van der Waals surface area contributed by atoms with Crippen molar-refractivity contribution in [3.05, 3.63) is 64.8 Å². The Bertz CT molecular complexity index is 1370. The predicted molar refractivity (Wildman–Crippen MR) is 137 cm³/mol. The van der Waals surface area contributed by atoms with Crippen LogP contribution in [0.4, 0.5) is 10.7 Å². The first-order chi connectivity index (χ1) is 17.1. The third kappa shape index (κ3) is 5.92. The highest BCUT2D eigenvalue weighted by molar-refractivity contribution is 6.05. The SMILES string of the molecule is CCCCC(CC)c1cc(=O)[nH]c(NC(=O)NCCOc2cc3cccnc3c3ncccc23)n1. The molecule has 3 N–H and O–H groups in total. The molecule has 0 saturated carbocycles. The molecule has 0 fully saturated rings. The second-order valence-electron chi connectivity index (χ2n) is 8.35. The normalized spacial score (nSPS) is 11.9. The molecule has 35 heavy (non-hydrogen) atoms. The number of nitrogens with zero attached hydrogens (tertiary/aromatic N) is 3. The van der Waals surface area contributed by atoms with Gasteiger partial charge in [0.15, 0.2) is 0 Å². The molecule has 0 saturated heterocycles. The van der Waals surface area contributed by atoms with Crippen LogP contribution in [0.3, 0.4) is 0 Å². The summed E-state index contributed by atoms with van der Waals surface area (Å²) in [6.07, 6.45) is 7.46. The fourth-order valence-corrected chi connectivity index (χ4v) is 4.10. The van der Waals surface area contributed by atoms with E-state index in [0.29, 0.717) is 11.4 Å². The van der Waals surface area contributed by atoms with E-state index in [0.717, 1.165) is 47.5 Å². The standard InChI is InChI=1S/C26H30N6O3/c1-3-5-8-17(4-2)20-16-22(33)31-25(30-20)32-26(34)29-13-14-35-21-15-18-9-6-11-27-23(18)24-19(21)10-7-12-28-24/h6-7,9-12,15-17H,3-5,8,13-14H2,1-2H3,(H3,29,30,31,32,33,34). The second-order valence-corrected chi connectivity index (χ2v) is 8.35. The molecule has 0 bridgehead atoms. The van der Waals surface area contributed by atoms with Crippen molar-refractivity contribution in [3.8, 4) is 5.75 Å². The fraction of sp³-hybridized carbons (Fsp3) is 0.346. The average Bonchev–Trinajstić information content (AvgIpc) is 2.87. The topological polar surface area (TPSA) is 122 Å². The van der Waals surface area contributed by atoms with Crippen molar-refractivity contribution in [3.63, 3.8) is 0 Å². The lowest BCUT2D eigenvalue weighted by Crippen LogP contribution is -2.33. The van der Waals surface area contributed by atoms with Gasteiger partial charge in [0.1, 0.15) is 17.9 Å². The van der Waals surface area contributed by atoms with Crippen molar-refractivity contribution in [2.24, 2.45) is 0 Å². The summed E-state index contributed by atoms with van der Waals surface area (Å²) in [5.74, 6) is 1.00. The van der Waals surface area contributed by atoms with Crippen LogP contribution in [0.25, 0.3) is 21.8 Å². The van der Waals surface area contributed by atoms with E-state index in [2.05, 4.69) is 44.4 Å². The van der Waals surface area contributed by atoms with E-state index in [9.17, 15) is 9.59 Å². The van der Waals surface area contributed by atoms with Crippen molar-refractivity contribution < 1.29 is 9.53 Å². The number of H-pyrrole nitrogens is 1. The van der Waals surface area contributed by atoms with Crippen LogP contribution < -0.4 is 20.9 Å². The molecule has 1 atom stereocenters. The summed E-state index contributed by atoms with van der Waals surface area (Å²) >= 11 is 0. The summed E-state index contributed by atoms with van der Waals surface area (Å²) in [6, 6.07) is 10.6. The number of carbonyl (C=O) groups excluding carboxylic acids is 1. The van der Waals surface area contributed by atoms with Crippen molar-refractivity contribution in [1.82, 2.24) is 25.3 Å². The Morgan fingerprint density at radius 3 is 2.71 bits per heavy atom. The van der Waals surface area contributed by atoms with Gasteiger partial charge in [-0.25, -0.2) is 9.78 Å². The first-order valence-electron chi connectivity index (χ1n) is 12.0. The van der Waals surface area contributed by atoms with Gasteiger partial charge in [-0.1, -0.05) is 32.8 Å². The molecule has 4 aromatic rings. The number of nitrogens with one attached hydrogen (secondary N) is 3. The Morgan fingerprint density at radius 2 is 1.91 bits per heavy atom. The molecular formula is C26H30N6O3. The van der Waals surface area contributed by atoms with E-state index in [-0.39, 0.29) is 30.6 Å². The van der Waals surface area contributed by atoms with Gasteiger partial charge in [-0.15, -0.1) is 0 Å². The van der Waals surface area contributed by atoms with E-state index in [4.69, 9.17) is 4.74 Å². The predicted octanol–water partition coefficient (Wildman–Crippen LogP) is 4.75. The first-order valence-corrected chi connectivity index (χ1v) is 12.0. The number of anilines is 1. The molecule has 0 aliphatic carbocycles. The molecule has 0 spiro atoms. The van der Waals surface area contributed by atoms with Gasteiger partial charge in [-0.2, -0.15) is 0 Å². The van der Waals surface area contributed by atoms with E-state index in [1.165, 1.54) is 6.07 Å². The number of aromatic nitrogens is 4. The molecule has 2 amide bonds. The lowest BCUT2D eigenvalue weighted by molar-refractivity contribution is 0.247. The Labute approximate surface area is 203 Å². The largest absolute Gasteiger partial charge is 0.491 e. The third-order valence-corrected chi connectivity index (χ3v) is 5.88. The van der Waals surface area contributed by atoms with Crippen LogP contribution in [-0.2, 0) is 0 Å². The molecule has 4 rings (SSSR count). The molecule has 3 heterocycles. The van der Waals surface area contributed by atoms with E-state index >= 15 is 0 Å². The number of hydrogen-bond donors (Lipinski definition) is 3. The molecule has 0 radical (unpaired) electrons. The van der Waals surface area contributed by atoms with Crippen LogP contribution in [0.15, 0.2) is 53.6 Å². The summed E-state index contributed by atoms with van der Waals surface area (Å²) in [4.78, 5) is 40.4.